The first kappa shape index (κ1) is 20.6. The van der Waals surface area contributed by atoms with Gasteiger partial charge in [0.05, 0.1) is 4.90 Å². The second-order valence-electron chi connectivity index (χ2n) is 7.85. The number of rotatable bonds is 5. The van der Waals surface area contributed by atoms with Crippen molar-refractivity contribution in [3.05, 3.63) is 64.9 Å². The topological polar surface area (TPSA) is 79.6 Å². The SMILES string of the molecule is Cc1ccc(CNC(=O)c2oc3ccc(S(=O)(=O)N4CCCCC4)cc3c2C)cc1. The van der Waals surface area contributed by atoms with Gasteiger partial charge in [-0.3, -0.25) is 4.79 Å². The summed E-state index contributed by atoms with van der Waals surface area (Å²) in [5, 5.41) is 3.52. The molecule has 0 unspecified atom stereocenters. The van der Waals surface area contributed by atoms with E-state index in [1.165, 1.54) is 0 Å². The van der Waals surface area contributed by atoms with Gasteiger partial charge < -0.3 is 9.73 Å². The van der Waals surface area contributed by atoms with Crippen molar-refractivity contribution in [3.8, 4) is 0 Å². The van der Waals surface area contributed by atoms with Gasteiger partial charge in [-0.05, 0) is 50.5 Å². The summed E-state index contributed by atoms with van der Waals surface area (Å²) in [4.78, 5) is 12.9. The number of piperidine rings is 1. The molecule has 2 aromatic carbocycles. The van der Waals surface area contributed by atoms with Crippen molar-refractivity contribution in [3.63, 3.8) is 0 Å². The number of nitrogens with one attached hydrogen (secondary N) is 1. The Hall–Kier alpha value is -2.64. The summed E-state index contributed by atoms with van der Waals surface area (Å²) in [6.07, 6.45) is 2.84. The number of amides is 1. The standard InChI is InChI=1S/C23H26N2O4S/c1-16-6-8-18(9-7-16)15-24-23(26)22-17(2)20-14-19(10-11-21(20)29-22)30(27,28)25-12-4-3-5-13-25/h6-11,14H,3-5,12-13,15H2,1-2H3,(H,24,26). The molecule has 3 aromatic rings. The van der Waals surface area contributed by atoms with Crippen molar-refractivity contribution in [2.75, 3.05) is 13.1 Å². The minimum atomic E-state index is -3.54. The molecular formula is C23H26N2O4S. The normalized spacial score (nSPS) is 15.4. The number of fused-ring (bicyclic) bond motifs is 1. The molecule has 158 valence electrons. The Kier molecular flexibility index (Phi) is 5.66. The maximum atomic E-state index is 13.0. The third-order valence-corrected chi connectivity index (χ3v) is 7.53. The maximum Gasteiger partial charge on any atom is 0.287 e. The number of furan rings is 1. The average Bonchev–Trinajstić information content (AvgIpc) is 3.10. The minimum absolute atomic E-state index is 0.213. The number of hydrogen-bond donors (Lipinski definition) is 1. The van der Waals surface area contributed by atoms with Gasteiger partial charge in [0.15, 0.2) is 5.76 Å². The molecule has 7 heteroatoms. The van der Waals surface area contributed by atoms with Crippen molar-refractivity contribution in [1.82, 2.24) is 9.62 Å². The molecule has 1 saturated heterocycles. The first-order valence-electron chi connectivity index (χ1n) is 10.2. The van der Waals surface area contributed by atoms with Gasteiger partial charge in [0, 0.05) is 30.6 Å². The molecule has 6 nitrogen and oxygen atoms in total. The fourth-order valence-electron chi connectivity index (χ4n) is 3.80. The number of sulfonamides is 1. The van der Waals surface area contributed by atoms with E-state index in [4.69, 9.17) is 4.42 Å². The lowest BCUT2D eigenvalue weighted by atomic mass is 10.1. The van der Waals surface area contributed by atoms with E-state index in [-0.39, 0.29) is 16.6 Å². The lowest BCUT2D eigenvalue weighted by Gasteiger charge is -2.25. The van der Waals surface area contributed by atoms with Crippen LogP contribution in [0.2, 0.25) is 0 Å². The average molecular weight is 427 g/mol. The smallest absolute Gasteiger partial charge is 0.287 e. The summed E-state index contributed by atoms with van der Waals surface area (Å²) in [5.41, 5.74) is 3.30. The molecule has 0 atom stereocenters. The molecule has 30 heavy (non-hydrogen) atoms. The molecule has 1 amide bonds. The van der Waals surface area contributed by atoms with Crippen molar-refractivity contribution >= 4 is 26.9 Å². The predicted octanol–water partition coefficient (Wildman–Crippen LogP) is 4.15. The second-order valence-corrected chi connectivity index (χ2v) is 9.79. The highest BCUT2D eigenvalue weighted by molar-refractivity contribution is 7.89. The maximum absolute atomic E-state index is 13.0. The first-order valence-corrected chi connectivity index (χ1v) is 11.7. The summed E-state index contributed by atoms with van der Waals surface area (Å²) in [5.74, 6) is -0.102. The summed E-state index contributed by atoms with van der Waals surface area (Å²) >= 11 is 0. The van der Waals surface area contributed by atoms with Crippen LogP contribution in [0, 0.1) is 13.8 Å². The van der Waals surface area contributed by atoms with E-state index < -0.39 is 10.0 Å². The molecule has 1 fully saturated rings. The molecule has 4 rings (SSSR count). The number of benzene rings is 2. The zero-order valence-electron chi connectivity index (χ0n) is 17.3. The van der Waals surface area contributed by atoms with Crippen LogP contribution < -0.4 is 5.32 Å². The van der Waals surface area contributed by atoms with E-state index >= 15 is 0 Å². The number of hydrogen-bond acceptors (Lipinski definition) is 4. The summed E-state index contributed by atoms with van der Waals surface area (Å²) < 4.78 is 33.3. The van der Waals surface area contributed by atoms with Crippen molar-refractivity contribution < 1.29 is 17.6 Å². The summed E-state index contributed by atoms with van der Waals surface area (Å²) in [6, 6.07) is 12.8. The molecule has 1 N–H and O–H groups in total. The molecule has 0 radical (unpaired) electrons. The number of carbonyl (C=O) groups is 1. The van der Waals surface area contributed by atoms with E-state index in [2.05, 4.69) is 5.32 Å². The van der Waals surface area contributed by atoms with Crippen molar-refractivity contribution in [1.29, 1.82) is 0 Å². The van der Waals surface area contributed by atoms with Crippen LogP contribution in [0.3, 0.4) is 0 Å². The number of nitrogens with zero attached hydrogens (tertiary/aromatic N) is 1. The Labute approximate surface area is 176 Å². The van der Waals surface area contributed by atoms with Crippen molar-refractivity contribution in [2.24, 2.45) is 0 Å². The van der Waals surface area contributed by atoms with E-state index in [9.17, 15) is 13.2 Å². The Balaban J connectivity index is 1.57. The minimum Gasteiger partial charge on any atom is -0.451 e. The second kappa shape index (κ2) is 8.24. The Morgan fingerprint density at radius 2 is 1.73 bits per heavy atom. The third kappa shape index (κ3) is 4.00. The van der Waals surface area contributed by atoms with Crippen LogP contribution in [0.1, 0.15) is 46.5 Å². The largest absolute Gasteiger partial charge is 0.451 e. The molecule has 1 aromatic heterocycles. The summed E-state index contributed by atoms with van der Waals surface area (Å²) in [7, 11) is -3.54. The van der Waals surface area contributed by atoms with E-state index in [1.54, 1.807) is 29.4 Å². The molecule has 0 bridgehead atoms. The van der Waals surface area contributed by atoms with Gasteiger partial charge in [-0.1, -0.05) is 36.2 Å². The van der Waals surface area contributed by atoms with Gasteiger partial charge in [0.25, 0.3) is 5.91 Å². The molecular weight excluding hydrogens is 400 g/mol. The fraction of sp³-hybridized carbons (Fsp3) is 0.348. The highest BCUT2D eigenvalue weighted by Crippen LogP contribution is 2.29. The van der Waals surface area contributed by atoms with Crippen LogP contribution in [-0.2, 0) is 16.6 Å². The van der Waals surface area contributed by atoms with Gasteiger partial charge in [0.2, 0.25) is 10.0 Å². The lowest BCUT2D eigenvalue weighted by Crippen LogP contribution is -2.35. The van der Waals surface area contributed by atoms with Gasteiger partial charge in [-0.25, -0.2) is 8.42 Å². The Morgan fingerprint density at radius 3 is 2.43 bits per heavy atom. The highest BCUT2D eigenvalue weighted by atomic mass is 32.2. The highest BCUT2D eigenvalue weighted by Gasteiger charge is 2.27. The molecule has 1 aliphatic rings. The van der Waals surface area contributed by atoms with Crippen molar-refractivity contribution in [2.45, 2.75) is 44.6 Å². The zero-order valence-corrected chi connectivity index (χ0v) is 18.1. The van der Waals surface area contributed by atoms with E-state index in [0.29, 0.717) is 36.2 Å². The fourth-order valence-corrected chi connectivity index (χ4v) is 5.34. The Bertz CT molecular complexity index is 1170. The van der Waals surface area contributed by atoms with Gasteiger partial charge in [-0.2, -0.15) is 4.31 Å². The molecule has 0 saturated carbocycles. The first-order chi connectivity index (χ1) is 14.4. The van der Waals surface area contributed by atoms with Gasteiger partial charge >= 0.3 is 0 Å². The quantitative estimate of drug-likeness (QED) is 0.665. The van der Waals surface area contributed by atoms with E-state index in [1.807, 2.05) is 31.2 Å². The van der Waals surface area contributed by atoms with Crippen LogP contribution in [0.15, 0.2) is 51.8 Å². The van der Waals surface area contributed by atoms with Crippen LogP contribution >= 0.6 is 0 Å². The summed E-state index contributed by atoms with van der Waals surface area (Å²) in [6.45, 7) is 5.29. The molecule has 2 heterocycles. The molecule has 1 aliphatic heterocycles. The predicted molar refractivity (Wildman–Crippen MR) is 116 cm³/mol. The monoisotopic (exact) mass is 426 g/mol. The van der Waals surface area contributed by atoms with Crippen LogP contribution in [0.4, 0.5) is 0 Å². The van der Waals surface area contributed by atoms with Crippen LogP contribution in [0.25, 0.3) is 11.0 Å². The van der Waals surface area contributed by atoms with Gasteiger partial charge in [0.1, 0.15) is 5.58 Å². The number of carbonyl (C=O) groups excluding carboxylic acids is 1. The van der Waals surface area contributed by atoms with Crippen LogP contribution in [-0.4, -0.2) is 31.7 Å². The van der Waals surface area contributed by atoms with Crippen LogP contribution in [0.5, 0.6) is 0 Å². The lowest BCUT2D eigenvalue weighted by molar-refractivity contribution is 0.0924. The molecule has 0 aliphatic carbocycles. The number of aryl methyl sites for hydroxylation is 2. The molecule has 0 spiro atoms. The van der Waals surface area contributed by atoms with E-state index in [0.717, 1.165) is 30.4 Å². The zero-order chi connectivity index (χ0) is 21.3. The van der Waals surface area contributed by atoms with Gasteiger partial charge in [-0.15, -0.1) is 0 Å². The third-order valence-electron chi connectivity index (χ3n) is 5.64. The Morgan fingerprint density at radius 1 is 1.03 bits per heavy atom.